The molecule has 0 unspecified atom stereocenters. The molecule has 100 valence electrons. The summed E-state index contributed by atoms with van der Waals surface area (Å²) < 4.78 is 0. The highest BCUT2D eigenvalue weighted by Crippen LogP contribution is 2.18. The van der Waals surface area contributed by atoms with E-state index >= 15 is 0 Å². The van der Waals surface area contributed by atoms with Crippen LogP contribution in [-0.2, 0) is 0 Å². The lowest BCUT2D eigenvalue weighted by Crippen LogP contribution is -1.91. The molecule has 0 radical (unpaired) electrons. The van der Waals surface area contributed by atoms with E-state index in [1.807, 2.05) is 46.9 Å². The minimum Gasteiger partial charge on any atom is -0.253 e. The average molecular weight is 246 g/mol. The van der Waals surface area contributed by atoms with E-state index in [2.05, 4.69) is 35.9 Å². The lowest BCUT2D eigenvalue weighted by atomic mass is 10.0. The van der Waals surface area contributed by atoms with E-state index in [1.165, 1.54) is 5.56 Å². The molecule has 0 spiro atoms. The van der Waals surface area contributed by atoms with Crippen LogP contribution in [0.4, 0.5) is 0 Å². The van der Waals surface area contributed by atoms with Gasteiger partial charge in [-0.3, -0.25) is 4.98 Å². The molecular formula is C16H26N2. The van der Waals surface area contributed by atoms with Crippen LogP contribution in [0.15, 0.2) is 24.4 Å². The molecule has 2 aromatic rings. The Morgan fingerprint density at radius 3 is 2.11 bits per heavy atom. The number of rotatable bonds is 1. The molecule has 0 bridgehead atoms. The molecule has 1 aromatic heterocycles. The molecule has 1 aromatic carbocycles. The first-order chi connectivity index (χ1) is 8.66. The van der Waals surface area contributed by atoms with Gasteiger partial charge in [0, 0.05) is 6.20 Å². The van der Waals surface area contributed by atoms with E-state index in [0.717, 1.165) is 16.7 Å². The van der Waals surface area contributed by atoms with Gasteiger partial charge in [0.05, 0.1) is 16.7 Å². The van der Waals surface area contributed by atoms with Crippen LogP contribution < -0.4 is 0 Å². The zero-order valence-electron chi connectivity index (χ0n) is 12.8. The zero-order valence-corrected chi connectivity index (χ0v) is 12.8. The Morgan fingerprint density at radius 2 is 1.56 bits per heavy atom. The first-order valence-electron chi connectivity index (χ1n) is 6.90. The van der Waals surface area contributed by atoms with E-state index in [1.54, 1.807) is 0 Å². The summed E-state index contributed by atoms with van der Waals surface area (Å²) in [5, 5.41) is 0. The van der Waals surface area contributed by atoms with Gasteiger partial charge in [-0.2, -0.15) is 0 Å². The molecule has 0 amide bonds. The summed E-state index contributed by atoms with van der Waals surface area (Å²) in [7, 11) is 0. The van der Waals surface area contributed by atoms with Crippen LogP contribution in [0.25, 0.3) is 11.0 Å². The molecule has 0 fully saturated rings. The van der Waals surface area contributed by atoms with Gasteiger partial charge >= 0.3 is 0 Å². The lowest BCUT2D eigenvalue weighted by molar-refractivity contribution is 0.868. The average Bonchev–Trinajstić information content (AvgIpc) is 2.42. The predicted octanol–water partition coefficient (Wildman–Crippen LogP) is 5.11. The van der Waals surface area contributed by atoms with Crippen molar-refractivity contribution in [1.29, 1.82) is 0 Å². The van der Waals surface area contributed by atoms with Crippen LogP contribution in [0.1, 0.15) is 58.7 Å². The third-order valence-corrected chi connectivity index (χ3v) is 2.35. The van der Waals surface area contributed by atoms with Crippen LogP contribution in [0.5, 0.6) is 0 Å². The molecule has 2 heteroatoms. The molecule has 0 atom stereocenters. The van der Waals surface area contributed by atoms with Gasteiger partial charge in [-0.15, -0.1) is 0 Å². The third kappa shape index (κ3) is 4.44. The van der Waals surface area contributed by atoms with Gasteiger partial charge < -0.3 is 0 Å². The Labute approximate surface area is 111 Å². The Hall–Kier alpha value is -1.44. The van der Waals surface area contributed by atoms with Gasteiger partial charge in [0.15, 0.2) is 0 Å². The lowest BCUT2D eigenvalue weighted by Gasteiger charge is -2.05. The number of aromatic nitrogens is 2. The molecule has 18 heavy (non-hydrogen) atoms. The molecule has 0 saturated carbocycles. The number of nitrogens with zero attached hydrogens (tertiary/aromatic N) is 2. The molecule has 0 aliphatic rings. The molecule has 1 heterocycles. The monoisotopic (exact) mass is 246 g/mol. The maximum absolute atomic E-state index is 4.41. The summed E-state index contributed by atoms with van der Waals surface area (Å²) in [6.45, 7) is 14.3. The summed E-state index contributed by atoms with van der Waals surface area (Å²) >= 11 is 0. The second-order valence-corrected chi connectivity index (χ2v) is 3.91. The first-order valence-corrected chi connectivity index (χ1v) is 6.90. The van der Waals surface area contributed by atoms with Crippen LogP contribution in [-0.4, -0.2) is 9.97 Å². The van der Waals surface area contributed by atoms with Crippen molar-refractivity contribution in [2.75, 3.05) is 0 Å². The standard InChI is InChI=1S/C12H14N2.2C2H6/c1-8(2)10-4-5-11-12(6-10)13-7-9(3)14-11;2*1-2/h4-8H,1-3H3;2*1-2H3. The Morgan fingerprint density at radius 1 is 0.944 bits per heavy atom. The topological polar surface area (TPSA) is 25.8 Å². The highest BCUT2D eigenvalue weighted by atomic mass is 14.8. The molecule has 2 rings (SSSR count). The Balaban J connectivity index is 0.000000659. The third-order valence-electron chi connectivity index (χ3n) is 2.35. The number of aryl methyl sites for hydroxylation is 1. The minimum atomic E-state index is 0.544. The summed E-state index contributed by atoms with van der Waals surface area (Å²) in [4.78, 5) is 8.77. The van der Waals surface area contributed by atoms with Crippen molar-refractivity contribution in [3.8, 4) is 0 Å². The van der Waals surface area contributed by atoms with Crippen LogP contribution in [0.2, 0.25) is 0 Å². The fourth-order valence-corrected chi connectivity index (χ4v) is 1.48. The van der Waals surface area contributed by atoms with E-state index in [0.29, 0.717) is 5.92 Å². The van der Waals surface area contributed by atoms with Crippen molar-refractivity contribution in [2.24, 2.45) is 0 Å². The van der Waals surface area contributed by atoms with Crippen LogP contribution in [0.3, 0.4) is 0 Å². The number of hydrogen-bond donors (Lipinski definition) is 0. The number of benzene rings is 1. The molecule has 0 saturated heterocycles. The molecule has 0 N–H and O–H groups in total. The highest BCUT2D eigenvalue weighted by Gasteiger charge is 2.02. The largest absolute Gasteiger partial charge is 0.253 e. The van der Waals surface area contributed by atoms with Gasteiger partial charge in [0.25, 0.3) is 0 Å². The van der Waals surface area contributed by atoms with Gasteiger partial charge in [-0.05, 0) is 30.5 Å². The van der Waals surface area contributed by atoms with E-state index < -0.39 is 0 Å². The first kappa shape index (κ1) is 16.6. The summed E-state index contributed by atoms with van der Waals surface area (Å²) in [6.07, 6.45) is 1.81. The highest BCUT2D eigenvalue weighted by molar-refractivity contribution is 5.74. The van der Waals surface area contributed by atoms with Gasteiger partial charge in [-0.1, -0.05) is 47.6 Å². The smallest absolute Gasteiger partial charge is 0.0890 e. The molecular weight excluding hydrogens is 220 g/mol. The van der Waals surface area contributed by atoms with Crippen molar-refractivity contribution in [3.05, 3.63) is 35.7 Å². The maximum atomic E-state index is 4.41. The van der Waals surface area contributed by atoms with E-state index in [-0.39, 0.29) is 0 Å². The van der Waals surface area contributed by atoms with E-state index in [4.69, 9.17) is 0 Å². The van der Waals surface area contributed by atoms with Gasteiger partial charge in [0.1, 0.15) is 0 Å². The Bertz CT molecular complexity index is 462. The summed E-state index contributed by atoms with van der Waals surface area (Å²) in [5.74, 6) is 0.544. The van der Waals surface area contributed by atoms with Crippen molar-refractivity contribution in [1.82, 2.24) is 9.97 Å². The normalized spacial score (nSPS) is 9.33. The van der Waals surface area contributed by atoms with Crippen molar-refractivity contribution < 1.29 is 0 Å². The summed E-state index contributed by atoms with van der Waals surface area (Å²) in [5.41, 5.74) is 4.25. The van der Waals surface area contributed by atoms with Crippen LogP contribution >= 0.6 is 0 Å². The van der Waals surface area contributed by atoms with Gasteiger partial charge in [-0.25, -0.2) is 4.98 Å². The number of hydrogen-bond acceptors (Lipinski definition) is 2. The van der Waals surface area contributed by atoms with Gasteiger partial charge in [0.2, 0.25) is 0 Å². The maximum Gasteiger partial charge on any atom is 0.0890 e. The SMILES string of the molecule is CC.CC.Cc1cnc2cc(C(C)C)ccc2n1. The second kappa shape index (κ2) is 8.62. The predicted molar refractivity (Wildman–Crippen MR) is 81.1 cm³/mol. The molecule has 0 aliphatic heterocycles. The summed E-state index contributed by atoms with van der Waals surface area (Å²) in [6, 6.07) is 6.29. The fourth-order valence-electron chi connectivity index (χ4n) is 1.48. The van der Waals surface area contributed by atoms with Crippen LogP contribution in [0, 0.1) is 6.92 Å². The Kier molecular flexibility index (Phi) is 7.93. The number of fused-ring (bicyclic) bond motifs is 1. The van der Waals surface area contributed by atoms with Crippen molar-refractivity contribution in [2.45, 2.75) is 54.4 Å². The quantitative estimate of drug-likeness (QED) is 0.698. The minimum absolute atomic E-state index is 0.544. The molecule has 0 aliphatic carbocycles. The zero-order chi connectivity index (χ0) is 14.1. The van der Waals surface area contributed by atoms with Crippen molar-refractivity contribution >= 4 is 11.0 Å². The fraction of sp³-hybridized carbons (Fsp3) is 0.500. The molecule has 2 nitrogen and oxygen atoms in total. The second-order valence-electron chi connectivity index (χ2n) is 3.91. The van der Waals surface area contributed by atoms with Crippen molar-refractivity contribution in [3.63, 3.8) is 0 Å². The van der Waals surface area contributed by atoms with E-state index in [9.17, 15) is 0 Å².